The Labute approximate surface area is 81.6 Å². The SMILES string of the molecule is CCn1nccc1-c1cnc(N)cn1. The van der Waals surface area contributed by atoms with Crippen LogP contribution in [0.2, 0.25) is 0 Å². The second-order valence-corrected chi connectivity index (χ2v) is 2.86. The van der Waals surface area contributed by atoms with E-state index in [-0.39, 0.29) is 0 Å². The first-order chi connectivity index (χ1) is 6.81. The Hall–Kier alpha value is -1.91. The van der Waals surface area contributed by atoms with Crippen LogP contribution in [0.5, 0.6) is 0 Å². The molecular formula is C9H11N5. The number of anilines is 1. The number of aromatic nitrogens is 4. The topological polar surface area (TPSA) is 69.6 Å². The summed E-state index contributed by atoms with van der Waals surface area (Å²) in [6, 6.07) is 1.91. The summed E-state index contributed by atoms with van der Waals surface area (Å²) in [5, 5.41) is 4.15. The Morgan fingerprint density at radius 3 is 2.86 bits per heavy atom. The predicted molar refractivity (Wildman–Crippen MR) is 53.3 cm³/mol. The lowest BCUT2D eigenvalue weighted by atomic mass is 10.3. The summed E-state index contributed by atoms with van der Waals surface area (Å²) in [4.78, 5) is 8.17. The van der Waals surface area contributed by atoms with Crippen molar-refractivity contribution in [3.05, 3.63) is 24.7 Å². The lowest BCUT2D eigenvalue weighted by molar-refractivity contribution is 0.665. The third-order valence-electron chi connectivity index (χ3n) is 1.95. The molecule has 14 heavy (non-hydrogen) atoms. The van der Waals surface area contributed by atoms with Gasteiger partial charge in [-0.15, -0.1) is 0 Å². The fourth-order valence-electron chi connectivity index (χ4n) is 1.27. The van der Waals surface area contributed by atoms with Crippen molar-refractivity contribution in [2.24, 2.45) is 0 Å². The van der Waals surface area contributed by atoms with Crippen molar-refractivity contribution in [1.29, 1.82) is 0 Å². The Kier molecular flexibility index (Phi) is 2.14. The fraction of sp³-hybridized carbons (Fsp3) is 0.222. The van der Waals surface area contributed by atoms with Gasteiger partial charge in [-0.05, 0) is 13.0 Å². The van der Waals surface area contributed by atoms with E-state index in [2.05, 4.69) is 15.1 Å². The van der Waals surface area contributed by atoms with Crippen molar-refractivity contribution >= 4 is 5.82 Å². The lowest BCUT2D eigenvalue weighted by Crippen LogP contribution is -2.00. The number of nitrogens with zero attached hydrogens (tertiary/aromatic N) is 4. The fourth-order valence-corrected chi connectivity index (χ4v) is 1.27. The molecule has 72 valence electrons. The summed E-state index contributed by atoms with van der Waals surface area (Å²) in [6.45, 7) is 2.84. The maximum absolute atomic E-state index is 5.45. The van der Waals surface area contributed by atoms with E-state index >= 15 is 0 Å². The van der Waals surface area contributed by atoms with Gasteiger partial charge in [-0.25, -0.2) is 9.97 Å². The van der Waals surface area contributed by atoms with Gasteiger partial charge < -0.3 is 5.73 Å². The molecule has 5 nitrogen and oxygen atoms in total. The zero-order chi connectivity index (χ0) is 9.97. The first-order valence-electron chi connectivity index (χ1n) is 4.41. The zero-order valence-electron chi connectivity index (χ0n) is 7.88. The van der Waals surface area contributed by atoms with E-state index in [0.717, 1.165) is 17.9 Å². The number of nitrogen functional groups attached to an aromatic ring is 1. The van der Waals surface area contributed by atoms with Crippen LogP contribution in [0.3, 0.4) is 0 Å². The highest BCUT2D eigenvalue weighted by Crippen LogP contribution is 2.15. The molecule has 0 fully saturated rings. The van der Waals surface area contributed by atoms with Crippen LogP contribution in [-0.4, -0.2) is 19.7 Å². The van der Waals surface area contributed by atoms with E-state index in [4.69, 9.17) is 5.73 Å². The van der Waals surface area contributed by atoms with Gasteiger partial charge in [0.15, 0.2) is 0 Å². The van der Waals surface area contributed by atoms with E-state index in [1.54, 1.807) is 18.6 Å². The molecule has 0 saturated carbocycles. The van der Waals surface area contributed by atoms with Gasteiger partial charge in [0.05, 0.1) is 18.1 Å². The van der Waals surface area contributed by atoms with Crippen molar-refractivity contribution in [3.8, 4) is 11.4 Å². The van der Waals surface area contributed by atoms with E-state index < -0.39 is 0 Å². The first kappa shape index (κ1) is 8.68. The normalized spacial score (nSPS) is 10.4. The molecule has 2 heterocycles. The minimum atomic E-state index is 0.427. The van der Waals surface area contributed by atoms with Crippen LogP contribution in [0.4, 0.5) is 5.82 Å². The van der Waals surface area contributed by atoms with Crippen LogP contribution >= 0.6 is 0 Å². The van der Waals surface area contributed by atoms with Crippen molar-refractivity contribution in [2.75, 3.05) is 5.73 Å². The molecule has 0 saturated heterocycles. The highest BCUT2D eigenvalue weighted by molar-refractivity contribution is 5.53. The van der Waals surface area contributed by atoms with Gasteiger partial charge in [-0.3, -0.25) is 4.68 Å². The van der Waals surface area contributed by atoms with Crippen LogP contribution in [0.1, 0.15) is 6.92 Å². The predicted octanol–water partition coefficient (Wildman–Crippen LogP) is 0.942. The Bertz CT molecular complexity index is 417. The Morgan fingerprint density at radius 1 is 1.36 bits per heavy atom. The van der Waals surface area contributed by atoms with E-state index in [9.17, 15) is 0 Å². The first-order valence-corrected chi connectivity index (χ1v) is 4.41. The van der Waals surface area contributed by atoms with Gasteiger partial charge in [0, 0.05) is 12.7 Å². The molecule has 0 bridgehead atoms. The quantitative estimate of drug-likeness (QED) is 0.763. The van der Waals surface area contributed by atoms with Crippen molar-refractivity contribution in [1.82, 2.24) is 19.7 Å². The van der Waals surface area contributed by atoms with Crippen molar-refractivity contribution in [2.45, 2.75) is 13.5 Å². The summed E-state index contributed by atoms with van der Waals surface area (Å²) < 4.78 is 1.86. The highest BCUT2D eigenvalue weighted by Gasteiger charge is 2.04. The number of hydrogen-bond donors (Lipinski definition) is 1. The molecule has 0 unspecified atom stereocenters. The number of nitrogens with two attached hydrogens (primary N) is 1. The molecule has 0 aromatic carbocycles. The highest BCUT2D eigenvalue weighted by atomic mass is 15.3. The molecule has 0 spiro atoms. The largest absolute Gasteiger partial charge is 0.382 e. The van der Waals surface area contributed by atoms with Gasteiger partial charge in [-0.1, -0.05) is 0 Å². The molecule has 2 rings (SSSR count). The number of aryl methyl sites for hydroxylation is 1. The van der Waals surface area contributed by atoms with Crippen LogP contribution in [0, 0.1) is 0 Å². The molecule has 2 aromatic rings. The van der Waals surface area contributed by atoms with Gasteiger partial charge in [0.25, 0.3) is 0 Å². The van der Waals surface area contributed by atoms with Crippen LogP contribution in [0.15, 0.2) is 24.7 Å². The molecule has 0 amide bonds. The molecule has 0 radical (unpaired) electrons. The summed E-state index contributed by atoms with van der Waals surface area (Å²) in [5.74, 6) is 0.427. The van der Waals surface area contributed by atoms with Crippen LogP contribution in [-0.2, 0) is 6.54 Å². The molecule has 5 heteroatoms. The van der Waals surface area contributed by atoms with Gasteiger partial charge in [0.2, 0.25) is 0 Å². The monoisotopic (exact) mass is 189 g/mol. The standard InChI is InChI=1S/C9H11N5/c1-2-14-8(3-4-13-14)7-5-12-9(10)6-11-7/h3-6H,2H2,1H3,(H2,10,12). The second kappa shape index (κ2) is 3.45. The van der Waals surface area contributed by atoms with Crippen molar-refractivity contribution < 1.29 is 0 Å². The number of hydrogen-bond acceptors (Lipinski definition) is 4. The molecule has 2 aromatic heterocycles. The number of rotatable bonds is 2. The molecule has 0 atom stereocenters. The maximum Gasteiger partial charge on any atom is 0.141 e. The van der Waals surface area contributed by atoms with E-state index in [1.807, 2.05) is 17.7 Å². The lowest BCUT2D eigenvalue weighted by Gasteiger charge is -2.02. The van der Waals surface area contributed by atoms with Gasteiger partial charge in [-0.2, -0.15) is 5.10 Å². The Balaban J connectivity index is 2.44. The smallest absolute Gasteiger partial charge is 0.141 e. The minimum absolute atomic E-state index is 0.427. The van der Waals surface area contributed by atoms with Crippen molar-refractivity contribution in [3.63, 3.8) is 0 Å². The maximum atomic E-state index is 5.45. The summed E-state index contributed by atoms with van der Waals surface area (Å²) in [7, 11) is 0. The van der Waals surface area contributed by atoms with E-state index in [1.165, 1.54) is 0 Å². The average molecular weight is 189 g/mol. The molecule has 0 aliphatic carbocycles. The minimum Gasteiger partial charge on any atom is -0.382 e. The Morgan fingerprint density at radius 2 is 2.21 bits per heavy atom. The third kappa shape index (κ3) is 1.44. The third-order valence-corrected chi connectivity index (χ3v) is 1.95. The molecule has 0 aliphatic heterocycles. The summed E-state index contributed by atoms with van der Waals surface area (Å²) in [6.07, 6.45) is 4.94. The van der Waals surface area contributed by atoms with Gasteiger partial charge in [0.1, 0.15) is 11.5 Å². The van der Waals surface area contributed by atoms with Crippen LogP contribution in [0.25, 0.3) is 11.4 Å². The molecule has 0 aliphatic rings. The second-order valence-electron chi connectivity index (χ2n) is 2.86. The van der Waals surface area contributed by atoms with E-state index in [0.29, 0.717) is 5.82 Å². The van der Waals surface area contributed by atoms with Crippen LogP contribution < -0.4 is 5.73 Å². The summed E-state index contributed by atoms with van der Waals surface area (Å²) >= 11 is 0. The van der Waals surface area contributed by atoms with Gasteiger partial charge >= 0.3 is 0 Å². The summed E-state index contributed by atoms with van der Waals surface area (Å²) in [5.41, 5.74) is 7.20. The average Bonchev–Trinajstić information content (AvgIpc) is 2.67. The zero-order valence-corrected chi connectivity index (χ0v) is 7.88. The molecule has 2 N–H and O–H groups in total. The molecular weight excluding hydrogens is 178 g/mol.